The minimum Gasteiger partial charge on any atom is -0.309 e. The van der Waals surface area contributed by atoms with Crippen LogP contribution in [-0.4, -0.2) is 25.9 Å². The molecule has 0 aliphatic heterocycles. The second kappa shape index (κ2) is 4.56. The predicted molar refractivity (Wildman–Crippen MR) is 71.7 cm³/mol. The van der Waals surface area contributed by atoms with E-state index in [1.165, 1.54) is 6.92 Å². The fourth-order valence-electron chi connectivity index (χ4n) is 2.00. The molecule has 0 bridgehead atoms. The van der Waals surface area contributed by atoms with E-state index in [1.807, 2.05) is 30.3 Å². The normalized spacial score (nSPS) is 10.8. The molecule has 19 heavy (non-hydrogen) atoms. The van der Waals surface area contributed by atoms with Crippen LogP contribution >= 0.6 is 0 Å². The summed E-state index contributed by atoms with van der Waals surface area (Å²) in [4.78, 5) is 11.2. The van der Waals surface area contributed by atoms with Gasteiger partial charge in [-0.1, -0.05) is 30.3 Å². The Kier molecular flexibility index (Phi) is 2.75. The Labute approximate surface area is 109 Å². The van der Waals surface area contributed by atoms with Crippen LogP contribution in [0.25, 0.3) is 11.0 Å². The topological polar surface area (TPSA) is 75.6 Å². The number of aromatic amines is 1. The van der Waals surface area contributed by atoms with E-state index in [9.17, 15) is 4.79 Å². The first-order valence-corrected chi connectivity index (χ1v) is 5.95. The molecule has 2 heterocycles. The molecule has 0 saturated heterocycles. The SMILES string of the molecule is CC(=O)Nc1nn(Cc2ccccc2)c2[nH]ncc12. The van der Waals surface area contributed by atoms with Crippen molar-refractivity contribution < 1.29 is 4.79 Å². The average Bonchev–Trinajstić information content (AvgIpc) is 2.96. The smallest absolute Gasteiger partial charge is 0.222 e. The summed E-state index contributed by atoms with van der Waals surface area (Å²) in [5.74, 6) is 0.389. The summed E-state index contributed by atoms with van der Waals surface area (Å²) in [7, 11) is 0. The molecule has 0 saturated carbocycles. The van der Waals surface area contributed by atoms with Crippen LogP contribution in [0.2, 0.25) is 0 Å². The standard InChI is InChI=1S/C13H13N5O/c1-9(19)15-12-11-7-14-16-13(11)18(17-12)8-10-5-3-2-4-6-10/h2-7H,8H2,1H3,(H,14,16)(H,15,17,19). The highest BCUT2D eigenvalue weighted by atomic mass is 16.1. The number of hydrogen-bond donors (Lipinski definition) is 2. The van der Waals surface area contributed by atoms with Crippen LogP contribution in [0.4, 0.5) is 5.82 Å². The third kappa shape index (κ3) is 2.20. The molecule has 3 aromatic rings. The Balaban J connectivity index is 1.99. The summed E-state index contributed by atoms with van der Waals surface area (Å²) in [6.45, 7) is 2.08. The fraction of sp³-hybridized carbons (Fsp3) is 0.154. The van der Waals surface area contributed by atoms with Crippen LogP contribution in [0.5, 0.6) is 0 Å². The summed E-state index contributed by atoms with van der Waals surface area (Å²) in [5, 5.41) is 14.8. The summed E-state index contributed by atoms with van der Waals surface area (Å²) in [6.07, 6.45) is 1.66. The van der Waals surface area contributed by atoms with E-state index in [0.29, 0.717) is 12.4 Å². The van der Waals surface area contributed by atoms with E-state index in [1.54, 1.807) is 10.9 Å². The van der Waals surface area contributed by atoms with Crippen LogP contribution in [-0.2, 0) is 11.3 Å². The van der Waals surface area contributed by atoms with Crippen molar-refractivity contribution in [3.8, 4) is 0 Å². The van der Waals surface area contributed by atoms with Gasteiger partial charge in [0.2, 0.25) is 5.91 Å². The zero-order valence-corrected chi connectivity index (χ0v) is 10.4. The molecule has 6 heteroatoms. The van der Waals surface area contributed by atoms with Gasteiger partial charge in [0.05, 0.1) is 18.1 Å². The van der Waals surface area contributed by atoms with Crippen LogP contribution in [0.15, 0.2) is 36.5 Å². The van der Waals surface area contributed by atoms with E-state index >= 15 is 0 Å². The molecule has 0 aliphatic rings. The zero-order chi connectivity index (χ0) is 13.2. The van der Waals surface area contributed by atoms with Crippen molar-refractivity contribution in [2.45, 2.75) is 13.5 Å². The first-order valence-electron chi connectivity index (χ1n) is 5.95. The minimum absolute atomic E-state index is 0.146. The highest BCUT2D eigenvalue weighted by Gasteiger charge is 2.13. The average molecular weight is 255 g/mol. The molecule has 6 nitrogen and oxygen atoms in total. The molecule has 0 fully saturated rings. The lowest BCUT2D eigenvalue weighted by atomic mass is 10.2. The van der Waals surface area contributed by atoms with E-state index in [2.05, 4.69) is 20.6 Å². The molecule has 0 aliphatic carbocycles. The monoisotopic (exact) mass is 255 g/mol. The first-order chi connectivity index (χ1) is 9.24. The van der Waals surface area contributed by atoms with Crippen molar-refractivity contribution in [1.82, 2.24) is 20.0 Å². The highest BCUT2D eigenvalue weighted by molar-refractivity contribution is 5.97. The van der Waals surface area contributed by atoms with Crippen LogP contribution < -0.4 is 5.32 Å². The van der Waals surface area contributed by atoms with Gasteiger partial charge in [0.1, 0.15) is 0 Å². The minimum atomic E-state index is -0.146. The van der Waals surface area contributed by atoms with Crippen molar-refractivity contribution in [3.05, 3.63) is 42.1 Å². The van der Waals surface area contributed by atoms with Gasteiger partial charge in [0.25, 0.3) is 0 Å². The number of anilines is 1. The third-order valence-electron chi connectivity index (χ3n) is 2.82. The second-order valence-electron chi connectivity index (χ2n) is 4.31. The highest BCUT2D eigenvalue weighted by Crippen LogP contribution is 2.21. The van der Waals surface area contributed by atoms with Gasteiger partial charge < -0.3 is 5.32 Å². The molecule has 2 aromatic heterocycles. The van der Waals surface area contributed by atoms with Gasteiger partial charge in [-0.15, -0.1) is 0 Å². The Morgan fingerprint density at radius 1 is 1.37 bits per heavy atom. The van der Waals surface area contributed by atoms with Crippen LogP contribution in [0.3, 0.4) is 0 Å². The molecule has 1 aromatic carbocycles. The Hall–Kier alpha value is -2.63. The van der Waals surface area contributed by atoms with Gasteiger partial charge >= 0.3 is 0 Å². The van der Waals surface area contributed by atoms with Crippen molar-refractivity contribution >= 4 is 22.8 Å². The molecule has 0 radical (unpaired) electrons. The number of benzene rings is 1. The number of nitrogens with one attached hydrogen (secondary N) is 2. The number of H-pyrrole nitrogens is 1. The summed E-state index contributed by atoms with van der Waals surface area (Å²) in [5.41, 5.74) is 1.93. The van der Waals surface area contributed by atoms with E-state index in [-0.39, 0.29) is 5.91 Å². The number of aromatic nitrogens is 4. The van der Waals surface area contributed by atoms with Gasteiger partial charge in [-0.25, -0.2) is 4.68 Å². The van der Waals surface area contributed by atoms with Gasteiger partial charge in [0.15, 0.2) is 11.5 Å². The zero-order valence-electron chi connectivity index (χ0n) is 10.4. The van der Waals surface area contributed by atoms with Crippen LogP contribution in [0, 0.1) is 0 Å². The maximum Gasteiger partial charge on any atom is 0.222 e. The summed E-state index contributed by atoms with van der Waals surface area (Å²) in [6, 6.07) is 10.0. The molecule has 96 valence electrons. The van der Waals surface area contributed by atoms with Crippen molar-refractivity contribution in [3.63, 3.8) is 0 Å². The largest absolute Gasteiger partial charge is 0.309 e. The molecular weight excluding hydrogens is 242 g/mol. The molecule has 0 atom stereocenters. The predicted octanol–water partition coefficient (Wildman–Crippen LogP) is 1.77. The second-order valence-corrected chi connectivity index (χ2v) is 4.31. The van der Waals surface area contributed by atoms with Gasteiger partial charge in [-0.3, -0.25) is 9.89 Å². The number of carbonyl (C=O) groups is 1. The Bertz CT molecular complexity index is 713. The van der Waals surface area contributed by atoms with E-state index in [0.717, 1.165) is 16.6 Å². The fourth-order valence-corrected chi connectivity index (χ4v) is 2.00. The van der Waals surface area contributed by atoms with Crippen molar-refractivity contribution in [2.24, 2.45) is 0 Å². The summed E-state index contributed by atoms with van der Waals surface area (Å²) >= 11 is 0. The summed E-state index contributed by atoms with van der Waals surface area (Å²) < 4.78 is 1.79. The van der Waals surface area contributed by atoms with Crippen molar-refractivity contribution in [2.75, 3.05) is 5.32 Å². The molecule has 2 N–H and O–H groups in total. The molecular formula is C13H13N5O. The van der Waals surface area contributed by atoms with Gasteiger partial charge in [-0.05, 0) is 5.56 Å². The lowest BCUT2D eigenvalue weighted by molar-refractivity contribution is -0.114. The van der Waals surface area contributed by atoms with E-state index in [4.69, 9.17) is 0 Å². The molecule has 0 unspecified atom stereocenters. The maximum atomic E-state index is 11.2. The molecule has 3 rings (SSSR count). The van der Waals surface area contributed by atoms with Gasteiger partial charge in [-0.2, -0.15) is 10.2 Å². The number of fused-ring (bicyclic) bond motifs is 1. The van der Waals surface area contributed by atoms with Crippen LogP contribution in [0.1, 0.15) is 12.5 Å². The molecule has 1 amide bonds. The third-order valence-corrected chi connectivity index (χ3v) is 2.82. The van der Waals surface area contributed by atoms with Gasteiger partial charge in [0, 0.05) is 6.92 Å². The lowest BCUT2D eigenvalue weighted by Gasteiger charge is -2.02. The molecule has 0 spiro atoms. The number of nitrogens with zero attached hydrogens (tertiary/aromatic N) is 3. The Morgan fingerprint density at radius 2 is 2.16 bits per heavy atom. The van der Waals surface area contributed by atoms with E-state index < -0.39 is 0 Å². The number of hydrogen-bond acceptors (Lipinski definition) is 3. The Morgan fingerprint density at radius 3 is 2.89 bits per heavy atom. The number of amides is 1. The van der Waals surface area contributed by atoms with Crippen molar-refractivity contribution in [1.29, 1.82) is 0 Å². The maximum absolute atomic E-state index is 11.2. The number of rotatable bonds is 3. The lowest BCUT2D eigenvalue weighted by Crippen LogP contribution is -2.08. The number of carbonyl (C=O) groups excluding carboxylic acids is 1. The quantitative estimate of drug-likeness (QED) is 0.748. The first kappa shape index (κ1) is 11.5.